The molecule has 2 N–H and O–H groups in total. The van der Waals surface area contributed by atoms with Crippen molar-refractivity contribution in [1.82, 2.24) is 10.2 Å². The zero-order chi connectivity index (χ0) is 21.4. The van der Waals surface area contributed by atoms with E-state index in [0.717, 1.165) is 5.56 Å². The zero-order valence-electron chi connectivity index (χ0n) is 16.8. The zero-order valence-corrected chi connectivity index (χ0v) is 16.8. The van der Waals surface area contributed by atoms with Gasteiger partial charge in [-0.25, -0.2) is 4.79 Å². The van der Waals surface area contributed by atoms with Gasteiger partial charge in [-0.05, 0) is 24.1 Å². The van der Waals surface area contributed by atoms with E-state index < -0.39 is 5.97 Å². The molecule has 154 valence electrons. The van der Waals surface area contributed by atoms with Crippen LogP contribution in [0.4, 0.5) is 0 Å². The van der Waals surface area contributed by atoms with Crippen LogP contribution in [0, 0.1) is 0 Å². The van der Waals surface area contributed by atoms with E-state index in [2.05, 4.69) is 5.32 Å². The van der Waals surface area contributed by atoms with E-state index >= 15 is 0 Å². The Morgan fingerprint density at radius 3 is 2.38 bits per heavy atom. The van der Waals surface area contributed by atoms with E-state index in [1.54, 1.807) is 44.4 Å². The van der Waals surface area contributed by atoms with Gasteiger partial charge in [-0.15, -0.1) is 0 Å². The van der Waals surface area contributed by atoms with Gasteiger partial charge < -0.3 is 20.1 Å². The molecule has 0 spiro atoms. The molecule has 1 unspecified atom stereocenters. The summed E-state index contributed by atoms with van der Waals surface area (Å²) in [7, 11) is 3.31. The molecule has 0 fully saturated rings. The molecule has 7 heteroatoms. The van der Waals surface area contributed by atoms with Crippen LogP contribution >= 0.6 is 0 Å². The number of hydrogen-bond acceptors (Lipinski definition) is 4. The number of nitrogens with one attached hydrogen (secondary N) is 1. The van der Waals surface area contributed by atoms with Crippen LogP contribution < -0.4 is 10.1 Å². The smallest absolute Gasteiger partial charge is 0.335 e. The maximum atomic E-state index is 12.6. The Morgan fingerprint density at radius 2 is 1.72 bits per heavy atom. The minimum absolute atomic E-state index is 0.0406. The average molecular weight is 398 g/mol. The van der Waals surface area contributed by atoms with Gasteiger partial charge in [0.2, 0.25) is 5.91 Å². The summed E-state index contributed by atoms with van der Waals surface area (Å²) in [6.45, 7) is 1.83. The molecule has 2 aromatic carbocycles. The minimum atomic E-state index is -1.07. The van der Waals surface area contributed by atoms with Crippen LogP contribution in [0.5, 0.6) is 5.75 Å². The normalized spacial score (nSPS) is 11.4. The number of benzene rings is 2. The minimum Gasteiger partial charge on any atom is -0.483 e. The fourth-order valence-electron chi connectivity index (χ4n) is 2.87. The molecule has 0 bridgehead atoms. The third-order valence-corrected chi connectivity index (χ3v) is 4.49. The van der Waals surface area contributed by atoms with Gasteiger partial charge in [0.1, 0.15) is 5.75 Å². The fraction of sp³-hybridized carbons (Fsp3) is 0.318. The van der Waals surface area contributed by atoms with Gasteiger partial charge in [0, 0.05) is 19.7 Å². The number of carbonyl (C=O) groups excluding carboxylic acids is 2. The molecule has 0 aliphatic carbocycles. The molecule has 0 saturated carbocycles. The number of likely N-dealkylation sites (N-methyl/N-ethyl adjacent to an activating group) is 1. The molecule has 2 rings (SSSR count). The monoisotopic (exact) mass is 398 g/mol. The van der Waals surface area contributed by atoms with Gasteiger partial charge >= 0.3 is 5.97 Å². The summed E-state index contributed by atoms with van der Waals surface area (Å²) in [4.78, 5) is 37.2. The molecule has 0 heterocycles. The Hall–Kier alpha value is -3.35. The van der Waals surface area contributed by atoms with Crippen molar-refractivity contribution >= 4 is 17.8 Å². The van der Waals surface area contributed by atoms with Gasteiger partial charge in [0.15, 0.2) is 6.61 Å². The van der Waals surface area contributed by atoms with Crippen molar-refractivity contribution in [1.29, 1.82) is 0 Å². The molecule has 7 nitrogen and oxygen atoms in total. The van der Waals surface area contributed by atoms with Crippen molar-refractivity contribution in [3.05, 3.63) is 65.2 Å². The van der Waals surface area contributed by atoms with Crippen molar-refractivity contribution in [2.45, 2.75) is 25.8 Å². The third-order valence-electron chi connectivity index (χ3n) is 4.49. The van der Waals surface area contributed by atoms with E-state index in [0.29, 0.717) is 17.7 Å². The van der Waals surface area contributed by atoms with E-state index in [1.807, 2.05) is 19.1 Å². The van der Waals surface area contributed by atoms with Crippen molar-refractivity contribution in [2.24, 2.45) is 0 Å². The first-order valence-electron chi connectivity index (χ1n) is 9.35. The second-order valence-electron chi connectivity index (χ2n) is 6.78. The van der Waals surface area contributed by atoms with Gasteiger partial charge in [-0.1, -0.05) is 43.3 Å². The molecule has 2 aromatic rings. The van der Waals surface area contributed by atoms with Crippen molar-refractivity contribution in [3.63, 3.8) is 0 Å². The standard InChI is InChI=1S/C22H26N2O5/c1-4-18(17-11-7-8-12-19(17)29-14-21(26)24(2)3)23-20(25)13-15-9-5-6-10-16(15)22(27)28/h5-12,18H,4,13-14H2,1-3H3,(H,23,25)(H,27,28). The Morgan fingerprint density at radius 1 is 1.07 bits per heavy atom. The average Bonchev–Trinajstić information content (AvgIpc) is 2.70. The molecule has 2 amide bonds. The van der Waals surface area contributed by atoms with Crippen LogP contribution in [0.25, 0.3) is 0 Å². The predicted molar refractivity (Wildman–Crippen MR) is 109 cm³/mol. The maximum absolute atomic E-state index is 12.6. The number of amides is 2. The lowest BCUT2D eigenvalue weighted by Crippen LogP contribution is -2.31. The molecule has 0 radical (unpaired) electrons. The van der Waals surface area contributed by atoms with Gasteiger partial charge in [-0.3, -0.25) is 9.59 Å². The van der Waals surface area contributed by atoms with E-state index in [4.69, 9.17) is 4.74 Å². The second-order valence-corrected chi connectivity index (χ2v) is 6.78. The predicted octanol–water partition coefficient (Wildman–Crippen LogP) is 2.66. The molecule has 0 aromatic heterocycles. The summed E-state index contributed by atoms with van der Waals surface area (Å²) in [6, 6.07) is 13.4. The van der Waals surface area contributed by atoms with Crippen LogP contribution in [0.2, 0.25) is 0 Å². The lowest BCUT2D eigenvalue weighted by Gasteiger charge is -2.21. The summed E-state index contributed by atoms with van der Waals surface area (Å²) in [5, 5.41) is 12.2. The first-order valence-corrected chi connectivity index (χ1v) is 9.35. The molecule has 0 saturated heterocycles. The van der Waals surface area contributed by atoms with Crippen LogP contribution in [0.15, 0.2) is 48.5 Å². The van der Waals surface area contributed by atoms with Crippen LogP contribution in [0.1, 0.15) is 40.9 Å². The van der Waals surface area contributed by atoms with E-state index in [9.17, 15) is 19.5 Å². The quantitative estimate of drug-likeness (QED) is 0.677. The van der Waals surface area contributed by atoms with Gasteiger partial charge in [0.05, 0.1) is 18.0 Å². The lowest BCUT2D eigenvalue weighted by molar-refractivity contribution is -0.130. The van der Waals surface area contributed by atoms with Crippen LogP contribution in [0.3, 0.4) is 0 Å². The maximum Gasteiger partial charge on any atom is 0.335 e. The number of carboxylic acid groups (broad SMARTS) is 1. The van der Waals surface area contributed by atoms with Crippen molar-refractivity contribution in [3.8, 4) is 5.75 Å². The molecule has 29 heavy (non-hydrogen) atoms. The number of carboxylic acids is 1. The summed E-state index contributed by atoms with van der Waals surface area (Å²) in [5.74, 6) is -0.989. The molecular formula is C22H26N2O5. The molecule has 1 atom stereocenters. The SMILES string of the molecule is CCC(NC(=O)Cc1ccccc1C(=O)O)c1ccccc1OCC(=O)N(C)C. The van der Waals surface area contributed by atoms with Gasteiger partial charge in [-0.2, -0.15) is 0 Å². The number of rotatable bonds is 9. The molecule has 0 aliphatic heterocycles. The number of para-hydroxylation sites is 1. The van der Waals surface area contributed by atoms with Gasteiger partial charge in [0.25, 0.3) is 5.91 Å². The van der Waals surface area contributed by atoms with Crippen molar-refractivity contribution in [2.75, 3.05) is 20.7 Å². The first kappa shape index (κ1) is 21.9. The summed E-state index contributed by atoms with van der Waals surface area (Å²) in [5.41, 5.74) is 1.33. The lowest BCUT2D eigenvalue weighted by atomic mass is 10.0. The first-order chi connectivity index (χ1) is 13.8. The number of hydrogen-bond donors (Lipinski definition) is 2. The number of nitrogens with zero attached hydrogens (tertiary/aromatic N) is 1. The van der Waals surface area contributed by atoms with Crippen molar-refractivity contribution < 1.29 is 24.2 Å². The second kappa shape index (κ2) is 10.3. The molecule has 0 aliphatic rings. The highest BCUT2D eigenvalue weighted by Crippen LogP contribution is 2.27. The Labute approximate surface area is 170 Å². The number of carbonyl (C=O) groups is 3. The van der Waals surface area contributed by atoms with E-state index in [1.165, 1.54) is 11.0 Å². The fourth-order valence-corrected chi connectivity index (χ4v) is 2.87. The highest BCUT2D eigenvalue weighted by atomic mass is 16.5. The Balaban J connectivity index is 2.13. The summed E-state index contributed by atoms with van der Waals surface area (Å²) >= 11 is 0. The van der Waals surface area contributed by atoms with Crippen LogP contribution in [-0.2, 0) is 16.0 Å². The highest BCUT2D eigenvalue weighted by molar-refractivity contribution is 5.91. The largest absolute Gasteiger partial charge is 0.483 e. The topological polar surface area (TPSA) is 95.9 Å². The van der Waals surface area contributed by atoms with Crippen LogP contribution in [-0.4, -0.2) is 48.5 Å². The highest BCUT2D eigenvalue weighted by Gasteiger charge is 2.19. The summed E-state index contributed by atoms with van der Waals surface area (Å²) < 4.78 is 5.67. The number of ether oxygens (including phenoxy) is 1. The molecular weight excluding hydrogens is 372 g/mol. The Bertz CT molecular complexity index is 879. The number of aromatic carboxylic acids is 1. The Kier molecular flexibility index (Phi) is 7.77. The third kappa shape index (κ3) is 6.07. The van der Waals surface area contributed by atoms with E-state index in [-0.39, 0.29) is 36.4 Å². The summed E-state index contributed by atoms with van der Waals surface area (Å²) in [6.07, 6.45) is 0.565.